The number of pyridine rings is 1. The second-order valence-electron chi connectivity index (χ2n) is 3.64. The molecule has 0 atom stereocenters. The Kier molecular flexibility index (Phi) is 3.88. The van der Waals surface area contributed by atoms with Crippen LogP contribution in [-0.2, 0) is 0 Å². The van der Waals surface area contributed by atoms with Gasteiger partial charge in [-0.1, -0.05) is 0 Å². The van der Waals surface area contributed by atoms with Crippen molar-refractivity contribution < 1.29 is 0 Å². The highest BCUT2D eigenvalue weighted by Gasteiger charge is 2.06. The molecular weight excluding hydrogens is 393 g/mol. The Balaban J connectivity index is 2.35. The molecule has 5 heteroatoms. The van der Waals surface area contributed by atoms with Gasteiger partial charge < -0.3 is 11.1 Å². The topological polar surface area (TPSA) is 50.9 Å². The smallest absolute Gasteiger partial charge is 0.153 e. The fourth-order valence-electron chi connectivity index (χ4n) is 1.39. The fraction of sp³-hybridized carbons (Fsp3) is 0.0833. The van der Waals surface area contributed by atoms with Crippen molar-refractivity contribution in [2.24, 2.45) is 0 Å². The average Bonchev–Trinajstić information content (AvgIpc) is 2.28. The quantitative estimate of drug-likeness (QED) is 0.742. The maximum atomic E-state index is 5.97. The van der Waals surface area contributed by atoms with Crippen LogP contribution in [0, 0.1) is 10.5 Å². The molecule has 2 aromatic rings. The molecule has 88 valence electrons. The van der Waals surface area contributed by atoms with Gasteiger partial charge in [-0.2, -0.15) is 0 Å². The van der Waals surface area contributed by atoms with Crippen LogP contribution < -0.4 is 11.1 Å². The van der Waals surface area contributed by atoms with Gasteiger partial charge in [-0.05, 0) is 75.3 Å². The number of rotatable bonds is 2. The van der Waals surface area contributed by atoms with Crippen LogP contribution in [0.4, 0.5) is 17.2 Å². The maximum absolute atomic E-state index is 5.97. The van der Waals surface area contributed by atoms with Crippen LogP contribution >= 0.6 is 38.5 Å². The molecule has 3 N–H and O–H groups in total. The fourth-order valence-corrected chi connectivity index (χ4v) is 2.78. The SMILES string of the molecule is Cc1ccnc(Nc2ccc(I)cc2Br)c1N. The standard InChI is InChI=1S/C12H11BrIN3/c1-7-4-5-16-12(11(7)15)17-10-3-2-8(14)6-9(10)13/h2-6H,15H2,1H3,(H,16,17). The molecule has 0 spiro atoms. The van der Waals surface area contributed by atoms with E-state index in [4.69, 9.17) is 5.73 Å². The van der Waals surface area contributed by atoms with E-state index in [0.717, 1.165) is 15.7 Å². The van der Waals surface area contributed by atoms with Crippen LogP contribution in [0.5, 0.6) is 0 Å². The number of nitrogens with two attached hydrogens (primary N) is 1. The largest absolute Gasteiger partial charge is 0.396 e. The lowest BCUT2D eigenvalue weighted by molar-refractivity contribution is 1.27. The second-order valence-corrected chi connectivity index (χ2v) is 5.74. The third-order valence-corrected chi connectivity index (χ3v) is 3.72. The van der Waals surface area contributed by atoms with Crippen molar-refractivity contribution in [1.82, 2.24) is 4.98 Å². The Morgan fingerprint density at radius 3 is 2.82 bits per heavy atom. The van der Waals surface area contributed by atoms with Crippen LogP contribution in [0.2, 0.25) is 0 Å². The lowest BCUT2D eigenvalue weighted by atomic mass is 10.2. The zero-order valence-corrected chi connectivity index (χ0v) is 12.9. The molecule has 0 aliphatic heterocycles. The Morgan fingerprint density at radius 2 is 2.12 bits per heavy atom. The molecule has 0 unspecified atom stereocenters. The van der Waals surface area contributed by atoms with Crippen LogP contribution in [0.3, 0.4) is 0 Å². The lowest BCUT2D eigenvalue weighted by Crippen LogP contribution is -2.01. The van der Waals surface area contributed by atoms with Crippen LogP contribution in [0.25, 0.3) is 0 Å². The summed E-state index contributed by atoms with van der Waals surface area (Å²) < 4.78 is 2.16. The Labute approximate surface area is 122 Å². The van der Waals surface area contributed by atoms with E-state index in [9.17, 15) is 0 Å². The van der Waals surface area contributed by atoms with Crippen molar-refractivity contribution in [2.75, 3.05) is 11.1 Å². The molecule has 0 saturated heterocycles. The highest BCUT2D eigenvalue weighted by molar-refractivity contribution is 14.1. The molecule has 0 bridgehead atoms. The van der Waals surface area contributed by atoms with E-state index in [2.05, 4.69) is 48.8 Å². The van der Waals surface area contributed by atoms with Crippen molar-refractivity contribution in [3.8, 4) is 0 Å². The minimum Gasteiger partial charge on any atom is -0.396 e. The Morgan fingerprint density at radius 1 is 1.35 bits per heavy atom. The predicted octanol–water partition coefficient (Wildman–Crippen LogP) is 4.08. The number of nitrogen functional groups attached to an aromatic ring is 1. The number of halogens is 2. The number of aromatic nitrogens is 1. The molecule has 0 saturated carbocycles. The number of anilines is 3. The molecule has 0 fully saturated rings. The van der Waals surface area contributed by atoms with Gasteiger partial charge in [0.1, 0.15) is 0 Å². The van der Waals surface area contributed by atoms with Gasteiger partial charge in [-0.15, -0.1) is 0 Å². The molecule has 1 heterocycles. The van der Waals surface area contributed by atoms with Crippen LogP contribution in [0.15, 0.2) is 34.9 Å². The normalized spacial score (nSPS) is 10.3. The first-order chi connectivity index (χ1) is 8.08. The maximum Gasteiger partial charge on any atom is 0.153 e. The summed E-state index contributed by atoms with van der Waals surface area (Å²) in [5.41, 5.74) is 8.62. The van der Waals surface area contributed by atoms with E-state index in [1.807, 2.05) is 31.2 Å². The third kappa shape index (κ3) is 2.90. The summed E-state index contributed by atoms with van der Waals surface area (Å²) in [6, 6.07) is 7.95. The van der Waals surface area contributed by atoms with Crippen molar-refractivity contribution in [1.29, 1.82) is 0 Å². The van der Waals surface area contributed by atoms with Gasteiger partial charge in [0.25, 0.3) is 0 Å². The second kappa shape index (κ2) is 5.22. The van der Waals surface area contributed by atoms with E-state index in [0.29, 0.717) is 11.5 Å². The highest BCUT2D eigenvalue weighted by Crippen LogP contribution is 2.29. The zero-order chi connectivity index (χ0) is 12.4. The Hall–Kier alpha value is -0.820. The average molecular weight is 404 g/mol. The first kappa shape index (κ1) is 12.6. The van der Waals surface area contributed by atoms with Crippen molar-refractivity contribution in [3.63, 3.8) is 0 Å². The summed E-state index contributed by atoms with van der Waals surface area (Å²) in [5.74, 6) is 0.687. The number of nitrogens with zero attached hydrogens (tertiary/aromatic N) is 1. The summed E-state index contributed by atoms with van der Waals surface area (Å²) in [6.45, 7) is 1.96. The van der Waals surface area contributed by atoms with E-state index in [-0.39, 0.29) is 0 Å². The number of nitrogens with one attached hydrogen (secondary N) is 1. The van der Waals surface area contributed by atoms with Crippen molar-refractivity contribution in [3.05, 3.63) is 44.1 Å². The van der Waals surface area contributed by atoms with Crippen molar-refractivity contribution >= 4 is 55.7 Å². The first-order valence-corrected chi connectivity index (χ1v) is 6.88. The van der Waals surface area contributed by atoms with E-state index < -0.39 is 0 Å². The molecule has 17 heavy (non-hydrogen) atoms. The van der Waals surface area contributed by atoms with Gasteiger partial charge in [0, 0.05) is 14.2 Å². The summed E-state index contributed by atoms with van der Waals surface area (Å²) in [7, 11) is 0. The monoisotopic (exact) mass is 403 g/mol. The Bertz CT molecular complexity index is 557. The first-order valence-electron chi connectivity index (χ1n) is 5.01. The third-order valence-electron chi connectivity index (χ3n) is 2.39. The van der Waals surface area contributed by atoms with E-state index in [1.165, 1.54) is 3.57 Å². The van der Waals surface area contributed by atoms with Crippen molar-refractivity contribution in [2.45, 2.75) is 6.92 Å². The number of benzene rings is 1. The summed E-state index contributed by atoms with van der Waals surface area (Å²) in [6.07, 6.45) is 1.74. The zero-order valence-electron chi connectivity index (χ0n) is 9.17. The van der Waals surface area contributed by atoms with Gasteiger partial charge in [-0.3, -0.25) is 0 Å². The number of hydrogen-bond donors (Lipinski definition) is 2. The number of aryl methyl sites for hydroxylation is 1. The number of hydrogen-bond acceptors (Lipinski definition) is 3. The van der Waals surface area contributed by atoms with Gasteiger partial charge in [-0.25, -0.2) is 4.98 Å². The molecule has 1 aromatic heterocycles. The minimum atomic E-state index is 0.679. The van der Waals surface area contributed by atoms with Gasteiger partial charge in [0.15, 0.2) is 5.82 Å². The van der Waals surface area contributed by atoms with Crippen LogP contribution in [-0.4, -0.2) is 4.98 Å². The van der Waals surface area contributed by atoms with Gasteiger partial charge >= 0.3 is 0 Å². The van der Waals surface area contributed by atoms with Gasteiger partial charge in [0.05, 0.1) is 11.4 Å². The lowest BCUT2D eigenvalue weighted by Gasteiger charge is -2.11. The summed E-state index contributed by atoms with van der Waals surface area (Å²) in [5, 5.41) is 3.22. The molecule has 0 amide bonds. The molecule has 0 aliphatic carbocycles. The molecular formula is C12H11BrIN3. The molecule has 1 aromatic carbocycles. The summed E-state index contributed by atoms with van der Waals surface area (Å²) >= 11 is 5.78. The molecule has 0 radical (unpaired) electrons. The van der Waals surface area contributed by atoms with Gasteiger partial charge in [0.2, 0.25) is 0 Å². The van der Waals surface area contributed by atoms with E-state index in [1.54, 1.807) is 6.20 Å². The summed E-state index contributed by atoms with van der Waals surface area (Å²) in [4.78, 5) is 4.24. The molecule has 3 nitrogen and oxygen atoms in total. The molecule has 0 aliphatic rings. The predicted molar refractivity (Wildman–Crippen MR) is 83.5 cm³/mol. The van der Waals surface area contributed by atoms with E-state index >= 15 is 0 Å². The van der Waals surface area contributed by atoms with Crippen LogP contribution in [0.1, 0.15) is 5.56 Å². The minimum absolute atomic E-state index is 0.679. The molecule has 2 rings (SSSR count). The highest BCUT2D eigenvalue weighted by atomic mass is 127.